The van der Waals surface area contributed by atoms with Gasteiger partial charge in [-0.05, 0) is 32.9 Å². The molecule has 134 valence electrons. The standard InChI is InChI=1S/C9H20O4.C6H6O3S/c1-7(11)5-12-9(3)6-13-8(2)4-10;7-10(8,9)6-4-2-1-3-5-6/h7-11H,4-6H2,1-3H3;1-5H,(H,7,8,9). The van der Waals surface area contributed by atoms with E-state index in [1.165, 1.54) is 12.1 Å². The number of aliphatic hydroxyl groups excluding tert-OH is 2. The molecule has 1 rings (SSSR count). The van der Waals surface area contributed by atoms with E-state index in [4.69, 9.17) is 24.2 Å². The molecule has 0 aliphatic heterocycles. The number of aliphatic hydroxyl groups is 2. The van der Waals surface area contributed by atoms with Gasteiger partial charge in [-0.1, -0.05) is 18.2 Å². The predicted molar refractivity (Wildman–Crippen MR) is 85.9 cm³/mol. The molecule has 3 unspecified atom stereocenters. The average molecular weight is 350 g/mol. The minimum Gasteiger partial charge on any atom is -0.394 e. The third-order valence-electron chi connectivity index (χ3n) is 2.54. The van der Waals surface area contributed by atoms with Gasteiger partial charge in [0, 0.05) is 0 Å². The molecule has 3 N–H and O–H groups in total. The van der Waals surface area contributed by atoms with Crippen LogP contribution < -0.4 is 0 Å². The molecule has 0 aliphatic carbocycles. The van der Waals surface area contributed by atoms with Crippen molar-refractivity contribution in [2.75, 3.05) is 19.8 Å². The number of ether oxygens (including phenoxy) is 2. The second-order valence-electron chi connectivity index (χ2n) is 5.11. The molecular formula is C15H26O7S. The normalized spacial score (nSPS) is 15.2. The molecule has 0 fully saturated rings. The third-order valence-corrected chi connectivity index (χ3v) is 3.40. The quantitative estimate of drug-likeness (QED) is 0.602. The molecule has 0 saturated carbocycles. The molecule has 0 aliphatic rings. The van der Waals surface area contributed by atoms with Gasteiger partial charge in [-0.25, -0.2) is 0 Å². The summed E-state index contributed by atoms with van der Waals surface area (Å²) in [6, 6.07) is 7.42. The smallest absolute Gasteiger partial charge is 0.294 e. The summed E-state index contributed by atoms with van der Waals surface area (Å²) in [6.45, 7) is 6.10. The fraction of sp³-hybridized carbons (Fsp3) is 0.600. The molecule has 8 heteroatoms. The van der Waals surface area contributed by atoms with E-state index >= 15 is 0 Å². The lowest BCUT2D eigenvalue weighted by atomic mass is 10.4. The molecule has 0 saturated heterocycles. The van der Waals surface area contributed by atoms with Crippen molar-refractivity contribution >= 4 is 10.1 Å². The van der Waals surface area contributed by atoms with Crippen molar-refractivity contribution in [1.29, 1.82) is 0 Å². The molecule has 0 aromatic heterocycles. The maximum absolute atomic E-state index is 10.4. The summed E-state index contributed by atoms with van der Waals surface area (Å²) in [6.07, 6.45) is -0.654. The first-order valence-electron chi connectivity index (χ1n) is 7.21. The van der Waals surface area contributed by atoms with Crippen molar-refractivity contribution in [2.24, 2.45) is 0 Å². The molecule has 0 radical (unpaired) electrons. The molecule has 3 atom stereocenters. The lowest BCUT2D eigenvalue weighted by Gasteiger charge is -2.16. The third kappa shape index (κ3) is 12.1. The van der Waals surface area contributed by atoms with E-state index in [2.05, 4.69) is 0 Å². The summed E-state index contributed by atoms with van der Waals surface area (Å²) in [7, 11) is -4.00. The molecule has 0 amide bonds. The highest BCUT2D eigenvalue weighted by Crippen LogP contribution is 2.05. The molecular weight excluding hydrogens is 324 g/mol. The molecule has 0 bridgehead atoms. The Hall–Kier alpha value is -1.03. The van der Waals surface area contributed by atoms with Crippen LogP contribution in [0, 0.1) is 0 Å². The van der Waals surface area contributed by atoms with Crippen LogP contribution in [-0.4, -0.2) is 61.3 Å². The number of hydrogen-bond acceptors (Lipinski definition) is 6. The van der Waals surface area contributed by atoms with Crippen LogP contribution in [0.5, 0.6) is 0 Å². The molecule has 7 nitrogen and oxygen atoms in total. The van der Waals surface area contributed by atoms with Gasteiger partial charge in [-0.3, -0.25) is 4.55 Å². The number of benzene rings is 1. The number of rotatable bonds is 8. The minimum atomic E-state index is -4.00. The molecule has 0 spiro atoms. The maximum Gasteiger partial charge on any atom is 0.294 e. The Morgan fingerprint density at radius 1 is 1.00 bits per heavy atom. The van der Waals surface area contributed by atoms with Gasteiger partial charge >= 0.3 is 0 Å². The predicted octanol–water partition coefficient (Wildman–Crippen LogP) is 1.10. The monoisotopic (exact) mass is 350 g/mol. The van der Waals surface area contributed by atoms with Gasteiger partial charge in [0.15, 0.2) is 0 Å². The minimum absolute atomic E-state index is 0.0170. The van der Waals surface area contributed by atoms with Crippen molar-refractivity contribution < 1.29 is 32.7 Å². The van der Waals surface area contributed by atoms with Gasteiger partial charge < -0.3 is 19.7 Å². The highest BCUT2D eigenvalue weighted by atomic mass is 32.2. The van der Waals surface area contributed by atoms with E-state index in [9.17, 15) is 8.42 Å². The summed E-state index contributed by atoms with van der Waals surface area (Å²) in [5.41, 5.74) is 0. The highest BCUT2D eigenvalue weighted by Gasteiger charge is 2.07. The van der Waals surface area contributed by atoms with Crippen LogP contribution in [0.1, 0.15) is 20.8 Å². The molecule has 0 heterocycles. The van der Waals surface area contributed by atoms with Gasteiger partial charge in [0.05, 0.1) is 43.0 Å². The fourth-order valence-corrected chi connectivity index (χ4v) is 1.80. The second kappa shape index (κ2) is 11.5. The van der Waals surface area contributed by atoms with Crippen molar-refractivity contribution in [2.45, 2.75) is 44.0 Å². The van der Waals surface area contributed by atoms with Crippen LogP contribution in [0.25, 0.3) is 0 Å². The van der Waals surface area contributed by atoms with E-state index < -0.39 is 16.2 Å². The van der Waals surface area contributed by atoms with E-state index in [-0.39, 0.29) is 23.7 Å². The first kappa shape index (κ1) is 22.0. The van der Waals surface area contributed by atoms with Gasteiger partial charge in [-0.15, -0.1) is 0 Å². The van der Waals surface area contributed by atoms with Gasteiger partial charge in [0.2, 0.25) is 0 Å². The zero-order valence-corrected chi connectivity index (χ0v) is 14.4. The van der Waals surface area contributed by atoms with E-state index in [1.807, 2.05) is 6.92 Å². The van der Waals surface area contributed by atoms with E-state index in [1.54, 1.807) is 32.0 Å². The Morgan fingerprint density at radius 2 is 1.52 bits per heavy atom. The van der Waals surface area contributed by atoms with Gasteiger partial charge in [0.25, 0.3) is 10.1 Å². The fourth-order valence-electron chi connectivity index (χ4n) is 1.30. The first-order chi connectivity index (χ1) is 10.7. The topological polar surface area (TPSA) is 113 Å². The van der Waals surface area contributed by atoms with Crippen molar-refractivity contribution in [3.63, 3.8) is 0 Å². The maximum atomic E-state index is 10.4. The Kier molecular flexibility index (Phi) is 11.0. The van der Waals surface area contributed by atoms with Crippen LogP contribution in [0.2, 0.25) is 0 Å². The van der Waals surface area contributed by atoms with Crippen molar-refractivity contribution in [3.8, 4) is 0 Å². The largest absolute Gasteiger partial charge is 0.394 e. The highest BCUT2D eigenvalue weighted by molar-refractivity contribution is 7.85. The average Bonchev–Trinajstić information content (AvgIpc) is 2.51. The van der Waals surface area contributed by atoms with Crippen LogP contribution >= 0.6 is 0 Å². The summed E-state index contributed by atoms with van der Waals surface area (Å²) in [4.78, 5) is -0.0741. The molecule has 1 aromatic carbocycles. The SMILES string of the molecule is CC(O)COC(C)COC(C)CO.O=S(=O)(O)c1ccccc1. The van der Waals surface area contributed by atoms with Crippen molar-refractivity contribution in [1.82, 2.24) is 0 Å². The van der Waals surface area contributed by atoms with Crippen LogP contribution in [0.3, 0.4) is 0 Å². The summed E-state index contributed by atoms with van der Waals surface area (Å²) in [5, 5.41) is 17.6. The Labute approximate surface area is 137 Å². The van der Waals surface area contributed by atoms with E-state index in [0.717, 1.165) is 0 Å². The van der Waals surface area contributed by atoms with E-state index in [0.29, 0.717) is 13.2 Å². The lowest BCUT2D eigenvalue weighted by Crippen LogP contribution is -2.24. The zero-order chi connectivity index (χ0) is 17.9. The number of hydrogen-bond donors (Lipinski definition) is 3. The Morgan fingerprint density at radius 3 is 1.91 bits per heavy atom. The van der Waals surface area contributed by atoms with Crippen LogP contribution in [-0.2, 0) is 19.6 Å². The zero-order valence-electron chi connectivity index (χ0n) is 13.6. The molecule has 1 aromatic rings. The van der Waals surface area contributed by atoms with Crippen LogP contribution in [0.15, 0.2) is 35.2 Å². The lowest BCUT2D eigenvalue weighted by molar-refractivity contribution is -0.0620. The van der Waals surface area contributed by atoms with Gasteiger partial charge in [0.1, 0.15) is 0 Å². The summed E-state index contributed by atoms with van der Waals surface area (Å²) in [5.74, 6) is 0. The van der Waals surface area contributed by atoms with Crippen molar-refractivity contribution in [3.05, 3.63) is 30.3 Å². The van der Waals surface area contributed by atoms with Gasteiger partial charge in [-0.2, -0.15) is 8.42 Å². The Balaban J connectivity index is 0.000000433. The molecule has 23 heavy (non-hydrogen) atoms. The second-order valence-corrected chi connectivity index (χ2v) is 6.53. The van der Waals surface area contributed by atoms with Crippen LogP contribution in [0.4, 0.5) is 0 Å². The summed E-state index contributed by atoms with van der Waals surface area (Å²) < 4.78 is 39.7. The first-order valence-corrected chi connectivity index (χ1v) is 8.65. The summed E-state index contributed by atoms with van der Waals surface area (Å²) >= 11 is 0. The Bertz CT molecular complexity index is 502.